The maximum absolute atomic E-state index is 11.1. The third kappa shape index (κ3) is 3.99. The molecule has 104 valence electrons. The first-order valence-electron chi connectivity index (χ1n) is 5.99. The number of amides is 1. The molecule has 0 aliphatic carbocycles. The highest BCUT2D eigenvalue weighted by Crippen LogP contribution is 2.27. The Bertz CT molecular complexity index is 631. The Morgan fingerprint density at radius 2 is 2.05 bits per heavy atom. The molecule has 5 heteroatoms. The molecular weight excluding hydrogens is 342 g/mol. The molecule has 0 fully saturated rings. The highest BCUT2D eigenvalue weighted by molar-refractivity contribution is 9.10. The summed E-state index contributed by atoms with van der Waals surface area (Å²) in [4.78, 5) is 11.1. The van der Waals surface area contributed by atoms with Gasteiger partial charge >= 0.3 is 0 Å². The van der Waals surface area contributed by atoms with Crippen molar-refractivity contribution in [3.8, 4) is 5.75 Å². The number of para-hydroxylation sites is 2. The molecule has 0 aliphatic rings. The zero-order valence-corrected chi connectivity index (χ0v) is 13.2. The van der Waals surface area contributed by atoms with Gasteiger partial charge in [0.25, 0.3) is 0 Å². The average molecular weight is 355 g/mol. The number of nitrogens with one attached hydrogen (secondary N) is 1. The smallest absolute Gasteiger partial charge is 0.221 e. The van der Waals surface area contributed by atoms with Crippen LogP contribution in [0.15, 0.2) is 46.9 Å². The maximum Gasteiger partial charge on any atom is 0.221 e. The molecule has 0 saturated heterocycles. The molecule has 0 saturated carbocycles. The van der Waals surface area contributed by atoms with Gasteiger partial charge < -0.3 is 10.1 Å². The Morgan fingerprint density at radius 3 is 2.75 bits per heavy atom. The molecule has 0 aliphatic heterocycles. The van der Waals surface area contributed by atoms with Crippen LogP contribution < -0.4 is 10.1 Å². The van der Waals surface area contributed by atoms with E-state index in [1.165, 1.54) is 6.92 Å². The van der Waals surface area contributed by atoms with Crippen LogP contribution in [0.25, 0.3) is 0 Å². The molecule has 2 aromatic rings. The first-order chi connectivity index (χ1) is 9.56. The topological polar surface area (TPSA) is 38.3 Å². The highest BCUT2D eigenvalue weighted by Gasteiger charge is 2.06. The summed E-state index contributed by atoms with van der Waals surface area (Å²) in [6, 6.07) is 12.9. The van der Waals surface area contributed by atoms with Crippen LogP contribution in [-0.4, -0.2) is 5.91 Å². The van der Waals surface area contributed by atoms with Gasteiger partial charge in [-0.2, -0.15) is 0 Å². The lowest BCUT2D eigenvalue weighted by molar-refractivity contribution is -0.114. The molecule has 1 amide bonds. The highest BCUT2D eigenvalue weighted by atomic mass is 79.9. The zero-order valence-electron chi connectivity index (χ0n) is 10.8. The number of carbonyl (C=O) groups excluding carboxylic acids is 1. The Kier molecular flexibility index (Phi) is 5.04. The van der Waals surface area contributed by atoms with Gasteiger partial charge in [0.15, 0.2) is 0 Å². The van der Waals surface area contributed by atoms with Gasteiger partial charge in [0.2, 0.25) is 5.91 Å². The van der Waals surface area contributed by atoms with Crippen LogP contribution in [0.1, 0.15) is 12.5 Å². The average Bonchev–Trinajstić information content (AvgIpc) is 2.39. The fourth-order valence-corrected chi connectivity index (χ4v) is 2.41. The number of ether oxygens (including phenoxy) is 1. The van der Waals surface area contributed by atoms with Gasteiger partial charge in [-0.25, -0.2) is 0 Å². The lowest BCUT2D eigenvalue weighted by Crippen LogP contribution is -2.07. The molecule has 0 atom stereocenters. The Balaban J connectivity index is 2.12. The minimum absolute atomic E-state index is 0.136. The monoisotopic (exact) mass is 353 g/mol. The second-order valence-corrected chi connectivity index (χ2v) is 5.52. The van der Waals surface area contributed by atoms with Gasteiger partial charge in [0.1, 0.15) is 12.4 Å². The molecule has 0 heterocycles. The summed E-state index contributed by atoms with van der Waals surface area (Å²) < 4.78 is 6.65. The van der Waals surface area contributed by atoms with Crippen LogP contribution in [0, 0.1) is 0 Å². The van der Waals surface area contributed by atoms with Crippen molar-refractivity contribution in [1.82, 2.24) is 0 Å². The lowest BCUT2D eigenvalue weighted by Gasteiger charge is -2.12. The van der Waals surface area contributed by atoms with E-state index < -0.39 is 0 Å². The number of hydrogen-bond acceptors (Lipinski definition) is 2. The predicted molar refractivity (Wildman–Crippen MR) is 84.2 cm³/mol. The summed E-state index contributed by atoms with van der Waals surface area (Å²) in [5.74, 6) is 0.476. The van der Waals surface area contributed by atoms with Crippen molar-refractivity contribution in [1.29, 1.82) is 0 Å². The summed E-state index contributed by atoms with van der Waals surface area (Å²) in [6.45, 7) is 1.80. The largest absolute Gasteiger partial charge is 0.487 e. The number of carbonyl (C=O) groups is 1. The Hall–Kier alpha value is -1.52. The van der Waals surface area contributed by atoms with Gasteiger partial charge in [0, 0.05) is 22.0 Å². The second-order valence-electron chi connectivity index (χ2n) is 4.20. The van der Waals surface area contributed by atoms with Gasteiger partial charge in [0.05, 0.1) is 5.69 Å². The number of halogens is 2. The van der Waals surface area contributed by atoms with E-state index in [9.17, 15) is 4.79 Å². The van der Waals surface area contributed by atoms with Crippen LogP contribution in [0.4, 0.5) is 5.69 Å². The molecular formula is C15H13BrClNO2. The van der Waals surface area contributed by atoms with Gasteiger partial charge in [-0.1, -0.05) is 45.7 Å². The van der Waals surface area contributed by atoms with Gasteiger partial charge in [-0.05, 0) is 24.3 Å². The van der Waals surface area contributed by atoms with E-state index in [1.807, 2.05) is 30.3 Å². The first-order valence-corrected chi connectivity index (χ1v) is 7.16. The van der Waals surface area contributed by atoms with Crippen LogP contribution in [-0.2, 0) is 11.4 Å². The standard InChI is InChI=1S/C15H13BrClNO2/c1-10(19)18-14-4-2-3-5-15(14)20-9-11-6-7-12(16)8-13(11)17/h2-8H,9H2,1H3,(H,18,19). The van der Waals surface area contributed by atoms with E-state index in [4.69, 9.17) is 16.3 Å². The van der Waals surface area contributed by atoms with Crippen molar-refractivity contribution in [2.75, 3.05) is 5.32 Å². The van der Waals surface area contributed by atoms with Crippen molar-refractivity contribution in [3.63, 3.8) is 0 Å². The van der Waals surface area contributed by atoms with Gasteiger partial charge in [-0.3, -0.25) is 4.79 Å². The summed E-state index contributed by atoms with van der Waals surface area (Å²) in [7, 11) is 0. The third-order valence-corrected chi connectivity index (χ3v) is 3.44. The van der Waals surface area contributed by atoms with Crippen LogP contribution in [0.3, 0.4) is 0 Å². The SMILES string of the molecule is CC(=O)Nc1ccccc1OCc1ccc(Br)cc1Cl. The predicted octanol–water partition coefficient (Wildman–Crippen LogP) is 4.64. The van der Waals surface area contributed by atoms with Crippen molar-refractivity contribution in [2.45, 2.75) is 13.5 Å². The molecule has 1 N–H and O–H groups in total. The fraction of sp³-hybridized carbons (Fsp3) is 0.133. The van der Waals surface area contributed by atoms with E-state index in [0.29, 0.717) is 23.1 Å². The van der Waals surface area contributed by atoms with Crippen molar-refractivity contribution in [3.05, 3.63) is 57.5 Å². The molecule has 0 radical (unpaired) electrons. The number of rotatable bonds is 4. The van der Waals surface area contributed by atoms with Crippen LogP contribution in [0.2, 0.25) is 5.02 Å². The number of anilines is 1. The maximum atomic E-state index is 11.1. The Labute approximate surface area is 131 Å². The summed E-state index contributed by atoms with van der Waals surface area (Å²) in [5.41, 5.74) is 1.53. The van der Waals surface area contributed by atoms with Crippen LogP contribution >= 0.6 is 27.5 Å². The first kappa shape index (κ1) is 14.9. The van der Waals surface area contributed by atoms with E-state index >= 15 is 0 Å². The van der Waals surface area contributed by atoms with Crippen molar-refractivity contribution >= 4 is 39.1 Å². The molecule has 0 unspecified atom stereocenters. The molecule has 0 spiro atoms. The third-order valence-electron chi connectivity index (χ3n) is 2.60. The molecule has 0 bridgehead atoms. The van der Waals surface area contributed by atoms with Gasteiger partial charge in [-0.15, -0.1) is 0 Å². The fourth-order valence-electron chi connectivity index (χ4n) is 1.68. The molecule has 2 rings (SSSR count). The Morgan fingerprint density at radius 1 is 1.30 bits per heavy atom. The van der Waals surface area contributed by atoms with E-state index in [0.717, 1.165) is 10.0 Å². The molecule has 0 aromatic heterocycles. The molecule has 20 heavy (non-hydrogen) atoms. The summed E-state index contributed by atoms with van der Waals surface area (Å²) in [6.07, 6.45) is 0. The van der Waals surface area contributed by atoms with E-state index in [2.05, 4.69) is 21.2 Å². The normalized spacial score (nSPS) is 10.2. The van der Waals surface area contributed by atoms with Crippen molar-refractivity contribution < 1.29 is 9.53 Å². The quantitative estimate of drug-likeness (QED) is 0.868. The van der Waals surface area contributed by atoms with Crippen molar-refractivity contribution in [2.24, 2.45) is 0 Å². The van der Waals surface area contributed by atoms with Crippen LogP contribution in [0.5, 0.6) is 5.75 Å². The van der Waals surface area contributed by atoms with E-state index in [-0.39, 0.29) is 5.91 Å². The molecule has 3 nitrogen and oxygen atoms in total. The van der Waals surface area contributed by atoms with E-state index in [1.54, 1.807) is 12.1 Å². The zero-order chi connectivity index (χ0) is 14.5. The molecule has 2 aromatic carbocycles. The number of hydrogen-bond donors (Lipinski definition) is 1. The number of benzene rings is 2. The minimum atomic E-state index is -0.136. The minimum Gasteiger partial charge on any atom is -0.487 e. The second kappa shape index (κ2) is 6.77. The summed E-state index contributed by atoms with van der Waals surface area (Å²) in [5, 5.41) is 3.36. The lowest BCUT2D eigenvalue weighted by atomic mass is 10.2. The summed E-state index contributed by atoms with van der Waals surface area (Å²) >= 11 is 9.50.